The standard InChI is InChI=1S/C20H21N3O2/c1-13(15-8-10-17(11-9-15)21-14(2)24)22-23-20(25)19-12-18(19)16-6-4-3-5-7-16/h3-11,18-19H,12H2,1-2H3,(H,21,24)(H,23,25)/t18-,19+/m0/s1. The fourth-order valence-electron chi connectivity index (χ4n) is 2.84. The van der Waals surface area contributed by atoms with Gasteiger partial charge in [0.2, 0.25) is 11.8 Å². The molecule has 1 aliphatic rings. The third kappa shape index (κ3) is 4.32. The lowest BCUT2D eigenvalue weighted by molar-refractivity contribution is -0.122. The van der Waals surface area contributed by atoms with Crippen molar-refractivity contribution in [3.05, 3.63) is 65.7 Å². The molecule has 1 aliphatic carbocycles. The number of carbonyl (C=O) groups excluding carboxylic acids is 2. The number of nitrogens with one attached hydrogen (secondary N) is 2. The van der Waals surface area contributed by atoms with Gasteiger partial charge in [-0.2, -0.15) is 5.10 Å². The van der Waals surface area contributed by atoms with Gasteiger partial charge in [0, 0.05) is 18.5 Å². The maximum absolute atomic E-state index is 12.2. The molecule has 0 heterocycles. The molecule has 0 aromatic heterocycles. The van der Waals surface area contributed by atoms with E-state index in [1.165, 1.54) is 12.5 Å². The second-order valence-corrected chi connectivity index (χ2v) is 6.29. The molecule has 1 saturated carbocycles. The van der Waals surface area contributed by atoms with Crippen molar-refractivity contribution in [3.8, 4) is 0 Å². The first-order valence-electron chi connectivity index (χ1n) is 8.31. The van der Waals surface area contributed by atoms with Gasteiger partial charge < -0.3 is 5.32 Å². The van der Waals surface area contributed by atoms with Gasteiger partial charge in [0.25, 0.3) is 0 Å². The highest BCUT2D eigenvalue weighted by Gasteiger charge is 2.43. The highest BCUT2D eigenvalue weighted by atomic mass is 16.2. The summed E-state index contributed by atoms with van der Waals surface area (Å²) in [5.41, 5.74) is 6.22. The SMILES string of the molecule is CC(=O)Nc1ccc(C(C)=NNC(=O)[C@@H]2C[C@H]2c2ccccc2)cc1. The van der Waals surface area contributed by atoms with E-state index in [0.717, 1.165) is 23.4 Å². The van der Waals surface area contributed by atoms with Crippen LogP contribution in [0.5, 0.6) is 0 Å². The van der Waals surface area contributed by atoms with E-state index in [0.29, 0.717) is 5.92 Å². The van der Waals surface area contributed by atoms with E-state index in [1.807, 2.05) is 49.4 Å². The molecule has 2 atom stereocenters. The number of anilines is 1. The number of rotatable bonds is 5. The summed E-state index contributed by atoms with van der Waals surface area (Å²) < 4.78 is 0. The molecule has 2 amide bonds. The summed E-state index contributed by atoms with van der Waals surface area (Å²) in [4.78, 5) is 23.3. The second-order valence-electron chi connectivity index (χ2n) is 6.29. The third-order valence-corrected chi connectivity index (χ3v) is 4.31. The molecule has 0 radical (unpaired) electrons. The quantitative estimate of drug-likeness (QED) is 0.650. The number of benzene rings is 2. The van der Waals surface area contributed by atoms with E-state index >= 15 is 0 Å². The minimum atomic E-state index is -0.109. The zero-order valence-corrected chi connectivity index (χ0v) is 14.3. The highest BCUT2D eigenvalue weighted by molar-refractivity contribution is 6.00. The Morgan fingerprint density at radius 3 is 2.32 bits per heavy atom. The van der Waals surface area contributed by atoms with Crippen LogP contribution < -0.4 is 10.7 Å². The number of hydrogen-bond acceptors (Lipinski definition) is 3. The van der Waals surface area contributed by atoms with E-state index in [2.05, 4.69) is 28.0 Å². The monoisotopic (exact) mass is 335 g/mol. The first-order valence-corrected chi connectivity index (χ1v) is 8.31. The van der Waals surface area contributed by atoms with Crippen molar-refractivity contribution in [2.75, 3.05) is 5.32 Å². The summed E-state index contributed by atoms with van der Waals surface area (Å²) in [7, 11) is 0. The second kappa shape index (κ2) is 7.30. The molecule has 2 N–H and O–H groups in total. The van der Waals surface area contributed by atoms with Crippen LogP contribution in [-0.2, 0) is 9.59 Å². The first-order chi connectivity index (χ1) is 12.0. The molecule has 5 heteroatoms. The lowest BCUT2D eigenvalue weighted by Gasteiger charge is -2.05. The molecule has 2 aromatic rings. The molecule has 3 rings (SSSR count). The molecule has 0 aliphatic heterocycles. The minimum absolute atomic E-state index is 0.00101. The average Bonchev–Trinajstić information content (AvgIpc) is 3.41. The predicted molar refractivity (Wildman–Crippen MR) is 98.4 cm³/mol. The van der Waals surface area contributed by atoms with Crippen LogP contribution in [-0.4, -0.2) is 17.5 Å². The maximum Gasteiger partial charge on any atom is 0.243 e. The van der Waals surface area contributed by atoms with Gasteiger partial charge >= 0.3 is 0 Å². The zero-order valence-electron chi connectivity index (χ0n) is 14.3. The van der Waals surface area contributed by atoms with Crippen molar-refractivity contribution < 1.29 is 9.59 Å². The largest absolute Gasteiger partial charge is 0.326 e. The molecule has 0 bridgehead atoms. The molecule has 5 nitrogen and oxygen atoms in total. The van der Waals surface area contributed by atoms with Gasteiger partial charge in [-0.1, -0.05) is 42.5 Å². The number of hydrazone groups is 1. The van der Waals surface area contributed by atoms with Gasteiger partial charge in [-0.25, -0.2) is 5.43 Å². The van der Waals surface area contributed by atoms with Crippen LogP contribution in [0.3, 0.4) is 0 Å². The lowest BCUT2D eigenvalue weighted by atomic mass is 10.1. The number of hydrogen-bond donors (Lipinski definition) is 2. The average molecular weight is 335 g/mol. The highest BCUT2D eigenvalue weighted by Crippen LogP contribution is 2.47. The fraction of sp³-hybridized carbons (Fsp3) is 0.250. The predicted octanol–water partition coefficient (Wildman–Crippen LogP) is 3.29. The summed E-state index contributed by atoms with van der Waals surface area (Å²) in [5, 5.41) is 6.92. The van der Waals surface area contributed by atoms with E-state index in [4.69, 9.17) is 0 Å². The normalized spacial score (nSPS) is 19.2. The Morgan fingerprint density at radius 2 is 1.68 bits per heavy atom. The van der Waals surface area contributed by atoms with Crippen LogP contribution in [0.1, 0.15) is 37.3 Å². The van der Waals surface area contributed by atoms with E-state index in [9.17, 15) is 9.59 Å². The Morgan fingerprint density at radius 1 is 1.00 bits per heavy atom. The Hall–Kier alpha value is -2.95. The van der Waals surface area contributed by atoms with Crippen molar-refractivity contribution >= 4 is 23.2 Å². The van der Waals surface area contributed by atoms with Crippen LogP contribution in [0.15, 0.2) is 59.7 Å². The molecule has 1 fully saturated rings. The van der Waals surface area contributed by atoms with Gasteiger partial charge in [-0.05, 0) is 42.5 Å². The smallest absolute Gasteiger partial charge is 0.243 e. The van der Waals surface area contributed by atoms with Crippen molar-refractivity contribution in [1.29, 1.82) is 0 Å². The lowest BCUT2D eigenvalue weighted by Crippen LogP contribution is -2.21. The summed E-state index contributed by atoms with van der Waals surface area (Å²) in [6.07, 6.45) is 0.871. The topological polar surface area (TPSA) is 70.6 Å². The van der Waals surface area contributed by atoms with Gasteiger partial charge in [0.15, 0.2) is 0 Å². The minimum Gasteiger partial charge on any atom is -0.326 e. The van der Waals surface area contributed by atoms with Crippen LogP contribution in [0.25, 0.3) is 0 Å². The van der Waals surface area contributed by atoms with Gasteiger partial charge in [0.05, 0.1) is 5.71 Å². The van der Waals surface area contributed by atoms with Crippen molar-refractivity contribution in [3.63, 3.8) is 0 Å². The Bertz CT molecular complexity index is 797. The Kier molecular flexibility index (Phi) is 4.93. The Labute approximate surface area is 147 Å². The maximum atomic E-state index is 12.2. The summed E-state index contributed by atoms with van der Waals surface area (Å²) in [6.45, 7) is 3.31. The van der Waals surface area contributed by atoms with E-state index in [1.54, 1.807) is 0 Å². The molecule has 0 saturated heterocycles. The van der Waals surface area contributed by atoms with E-state index in [-0.39, 0.29) is 17.7 Å². The van der Waals surface area contributed by atoms with Crippen LogP contribution >= 0.6 is 0 Å². The zero-order chi connectivity index (χ0) is 17.8. The number of amides is 2. The molecule has 0 unspecified atom stereocenters. The molecule has 2 aromatic carbocycles. The number of carbonyl (C=O) groups is 2. The Balaban J connectivity index is 1.56. The van der Waals surface area contributed by atoms with Gasteiger partial charge in [0.1, 0.15) is 0 Å². The van der Waals surface area contributed by atoms with Crippen molar-refractivity contribution in [1.82, 2.24) is 5.43 Å². The molecule has 25 heavy (non-hydrogen) atoms. The first kappa shape index (κ1) is 16.9. The van der Waals surface area contributed by atoms with Gasteiger partial charge in [-0.3, -0.25) is 9.59 Å². The summed E-state index contributed by atoms with van der Waals surface area (Å²) in [6, 6.07) is 17.4. The molecule has 0 spiro atoms. The third-order valence-electron chi connectivity index (χ3n) is 4.31. The van der Waals surface area contributed by atoms with E-state index < -0.39 is 0 Å². The van der Waals surface area contributed by atoms with Crippen LogP contribution in [0.4, 0.5) is 5.69 Å². The summed E-state index contributed by atoms with van der Waals surface area (Å²) in [5.74, 6) is 0.153. The molecular formula is C20H21N3O2. The summed E-state index contributed by atoms with van der Waals surface area (Å²) >= 11 is 0. The molecular weight excluding hydrogens is 314 g/mol. The van der Waals surface area contributed by atoms with Gasteiger partial charge in [-0.15, -0.1) is 0 Å². The fourth-order valence-corrected chi connectivity index (χ4v) is 2.84. The number of nitrogens with zero attached hydrogens (tertiary/aromatic N) is 1. The molecule has 128 valence electrons. The van der Waals surface area contributed by atoms with Crippen LogP contribution in [0, 0.1) is 5.92 Å². The van der Waals surface area contributed by atoms with Crippen molar-refractivity contribution in [2.45, 2.75) is 26.2 Å². The van der Waals surface area contributed by atoms with Crippen LogP contribution in [0.2, 0.25) is 0 Å². The van der Waals surface area contributed by atoms with Crippen molar-refractivity contribution in [2.24, 2.45) is 11.0 Å².